The third kappa shape index (κ3) is 3.58. The Labute approximate surface area is 161 Å². The summed E-state index contributed by atoms with van der Waals surface area (Å²) in [6.07, 6.45) is 0. The van der Waals surface area contributed by atoms with Crippen molar-refractivity contribution in [2.45, 2.75) is 12.6 Å². The number of carbonyl (C=O) groups excluding carboxylic acids is 1. The monoisotopic (exact) mass is 393 g/mol. The van der Waals surface area contributed by atoms with Gasteiger partial charge < -0.3 is 15.8 Å². The highest BCUT2D eigenvalue weighted by Gasteiger charge is 2.30. The molecule has 2 aromatic rings. The molecule has 1 fully saturated rings. The lowest BCUT2D eigenvalue weighted by molar-refractivity contribution is 0.0297. The van der Waals surface area contributed by atoms with Crippen LogP contribution in [0.25, 0.3) is 11.3 Å². The van der Waals surface area contributed by atoms with E-state index >= 15 is 0 Å². The van der Waals surface area contributed by atoms with Crippen LogP contribution in [0.15, 0.2) is 18.2 Å². The van der Waals surface area contributed by atoms with Gasteiger partial charge in [0.25, 0.3) is 5.91 Å². The van der Waals surface area contributed by atoms with Crippen molar-refractivity contribution in [3.8, 4) is 11.3 Å². The third-order valence-corrected chi connectivity index (χ3v) is 5.33. The molecular weight excluding hydrogens is 373 g/mol. The smallest absolute Gasteiger partial charge is 0.252 e. The van der Waals surface area contributed by atoms with Crippen molar-refractivity contribution < 1.29 is 13.9 Å². The molecule has 4 rings (SSSR count). The highest BCUT2D eigenvalue weighted by atomic mass is 35.5. The minimum atomic E-state index is -0.555. The van der Waals surface area contributed by atoms with Gasteiger partial charge in [-0.25, -0.2) is 4.39 Å². The van der Waals surface area contributed by atoms with Crippen LogP contribution in [0.1, 0.15) is 22.1 Å². The fraction of sp³-hybridized carbons (Fsp3) is 0.444. The normalized spacial score (nSPS) is 20.4. The number of hydrogen-bond donors (Lipinski definition) is 2. The van der Waals surface area contributed by atoms with Gasteiger partial charge in [-0.1, -0.05) is 11.6 Å². The molecule has 1 aromatic carbocycles. The number of hydrogen-bond acceptors (Lipinski definition) is 5. The van der Waals surface area contributed by atoms with E-state index in [9.17, 15) is 9.18 Å². The maximum Gasteiger partial charge on any atom is 0.252 e. The summed E-state index contributed by atoms with van der Waals surface area (Å²) in [7, 11) is 0. The van der Waals surface area contributed by atoms with E-state index in [-0.39, 0.29) is 11.1 Å². The van der Waals surface area contributed by atoms with E-state index in [2.05, 4.69) is 10.2 Å². The molecule has 1 saturated heterocycles. The molecule has 9 heteroatoms. The van der Waals surface area contributed by atoms with Crippen LogP contribution in [0.3, 0.4) is 0 Å². The van der Waals surface area contributed by atoms with Crippen LogP contribution >= 0.6 is 11.6 Å². The number of nitrogens with one attached hydrogen (secondary N) is 1. The summed E-state index contributed by atoms with van der Waals surface area (Å²) in [5, 5.41) is 8.03. The Morgan fingerprint density at radius 2 is 2.19 bits per heavy atom. The van der Waals surface area contributed by atoms with Crippen molar-refractivity contribution in [2.24, 2.45) is 5.73 Å². The first kappa shape index (κ1) is 18.4. The molecule has 2 aliphatic rings. The van der Waals surface area contributed by atoms with Gasteiger partial charge in [-0.05, 0) is 18.2 Å². The Morgan fingerprint density at radius 3 is 2.89 bits per heavy atom. The zero-order valence-corrected chi connectivity index (χ0v) is 15.5. The van der Waals surface area contributed by atoms with Crippen molar-refractivity contribution in [1.29, 1.82) is 0 Å². The van der Waals surface area contributed by atoms with Crippen LogP contribution < -0.4 is 11.1 Å². The van der Waals surface area contributed by atoms with E-state index in [0.717, 1.165) is 45.1 Å². The molecule has 7 nitrogen and oxygen atoms in total. The molecule has 1 aromatic heterocycles. The number of amides is 1. The maximum absolute atomic E-state index is 13.5. The number of primary amides is 1. The van der Waals surface area contributed by atoms with Gasteiger partial charge in [0.1, 0.15) is 11.5 Å². The third-order valence-electron chi connectivity index (χ3n) is 5.04. The van der Waals surface area contributed by atoms with Crippen molar-refractivity contribution in [1.82, 2.24) is 20.0 Å². The summed E-state index contributed by atoms with van der Waals surface area (Å²) in [6.45, 7) is 5.23. The molecular formula is C18H21ClFN5O2. The highest BCUT2D eigenvalue weighted by molar-refractivity contribution is 6.31. The Bertz CT molecular complexity index is 866. The average molecular weight is 394 g/mol. The number of rotatable bonds is 4. The minimum Gasteiger partial charge on any atom is -0.379 e. The van der Waals surface area contributed by atoms with Crippen molar-refractivity contribution in [3.05, 3.63) is 40.3 Å². The summed E-state index contributed by atoms with van der Waals surface area (Å²) < 4.78 is 20.8. The number of ether oxygens (including phenoxy) is 1. The number of nitrogens with two attached hydrogens (primary N) is 1. The molecule has 2 aliphatic heterocycles. The van der Waals surface area contributed by atoms with Gasteiger partial charge in [-0.15, -0.1) is 0 Å². The Morgan fingerprint density at radius 1 is 1.41 bits per heavy atom. The Balaban J connectivity index is 1.73. The van der Waals surface area contributed by atoms with E-state index in [4.69, 9.17) is 27.2 Å². The lowest BCUT2D eigenvalue weighted by atomic mass is 10.0. The molecule has 27 heavy (non-hydrogen) atoms. The predicted octanol–water partition coefficient (Wildman–Crippen LogP) is 1.42. The largest absolute Gasteiger partial charge is 0.379 e. The summed E-state index contributed by atoms with van der Waals surface area (Å²) >= 11 is 5.92. The van der Waals surface area contributed by atoms with Gasteiger partial charge in [-0.3, -0.25) is 14.4 Å². The van der Waals surface area contributed by atoms with Crippen molar-refractivity contribution in [3.63, 3.8) is 0 Å². The standard InChI is InChI=1S/C18H21ClFN5O2/c19-13-7-11(1-2-14(13)20)17-16(18(21)26)15-9-22-8-12(25(15)23-17)10-24-3-5-27-6-4-24/h1-2,7,12,22H,3-6,8-10H2,(H2,21,26). The second-order valence-corrected chi connectivity index (χ2v) is 7.21. The topological polar surface area (TPSA) is 85.4 Å². The number of halogens is 2. The zero-order valence-electron chi connectivity index (χ0n) is 14.8. The van der Waals surface area contributed by atoms with Gasteiger partial charge in [0.05, 0.1) is 35.5 Å². The van der Waals surface area contributed by atoms with E-state index in [1.165, 1.54) is 12.1 Å². The first-order valence-corrected chi connectivity index (χ1v) is 9.30. The minimum absolute atomic E-state index is 0.0168. The van der Waals surface area contributed by atoms with E-state index in [1.807, 2.05) is 4.68 Å². The molecule has 144 valence electrons. The summed E-state index contributed by atoms with van der Waals surface area (Å²) in [5.41, 5.74) is 7.79. The average Bonchev–Trinajstić information content (AvgIpc) is 3.06. The van der Waals surface area contributed by atoms with Crippen LogP contribution in [0.2, 0.25) is 5.02 Å². The fourth-order valence-electron chi connectivity index (χ4n) is 3.71. The molecule has 0 bridgehead atoms. The van der Waals surface area contributed by atoms with Gasteiger partial charge in [0.15, 0.2) is 0 Å². The van der Waals surface area contributed by atoms with Gasteiger partial charge in [0.2, 0.25) is 0 Å². The number of nitrogens with zero attached hydrogens (tertiary/aromatic N) is 3. The van der Waals surface area contributed by atoms with Gasteiger partial charge in [-0.2, -0.15) is 5.10 Å². The second kappa shape index (κ2) is 7.55. The second-order valence-electron chi connectivity index (χ2n) is 6.81. The zero-order chi connectivity index (χ0) is 19.0. The quantitative estimate of drug-likeness (QED) is 0.820. The van der Waals surface area contributed by atoms with Crippen LogP contribution in [0, 0.1) is 5.82 Å². The number of benzene rings is 1. The summed E-state index contributed by atoms with van der Waals surface area (Å²) in [5.74, 6) is -1.07. The first-order chi connectivity index (χ1) is 13.0. The highest BCUT2D eigenvalue weighted by Crippen LogP contribution is 2.31. The summed E-state index contributed by atoms with van der Waals surface area (Å²) in [6, 6.07) is 4.37. The molecule has 0 saturated carbocycles. The number of carbonyl (C=O) groups is 1. The number of aromatic nitrogens is 2. The molecule has 3 N–H and O–H groups in total. The fourth-order valence-corrected chi connectivity index (χ4v) is 3.89. The maximum atomic E-state index is 13.5. The Kier molecular flexibility index (Phi) is 5.14. The van der Waals surface area contributed by atoms with Crippen LogP contribution in [0.4, 0.5) is 4.39 Å². The molecule has 0 radical (unpaired) electrons. The molecule has 0 spiro atoms. The van der Waals surface area contributed by atoms with Crippen LogP contribution in [0.5, 0.6) is 0 Å². The molecule has 3 heterocycles. The van der Waals surface area contributed by atoms with Crippen LogP contribution in [-0.4, -0.2) is 60.0 Å². The van der Waals surface area contributed by atoms with Crippen molar-refractivity contribution in [2.75, 3.05) is 39.4 Å². The van der Waals surface area contributed by atoms with E-state index in [0.29, 0.717) is 23.4 Å². The molecule has 0 aliphatic carbocycles. The predicted molar refractivity (Wildman–Crippen MR) is 99.2 cm³/mol. The lowest BCUT2D eigenvalue weighted by Gasteiger charge is -2.33. The van der Waals surface area contributed by atoms with Gasteiger partial charge in [0, 0.05) is 38.3 Å². The number of fused-ring (bicyclic) bond motifs is 1. The SMILES string of the molecule is NC(=O)c1c(-c2ccc(F)c(Cl)c2)nn2c1CNCC2CN1CCOCC1. The molecule has 1 unspecified atom stereocenters. The molecule has 1 atom stereocenters. The summed E-state index contributed by atoms with van der Waals surface area (Å²) in [4.78, 5) is 14.5. The molecule has 1 amide bonds. The van der Waals surface area contributed by atoms with Gasteiger partial charge >= 0.3 is 0 Å². The van der Waals surface area contributed by atoms with Crippen molar-refractivity contribution >= 4 is 17.5 Å². The number of morpholine rings is 1. The van der Waals surface area contributed by atoms with E-state index < -0.39 is 11.7 Å². The Hall–Kier alpha value is -2.00. The van der Waals surface area contributed by atoms with Crippen LogP contribution in [-0.2, 0) is 11.3 Å². The first-order valence-electron chi connectivity index (χ1n) is 8.92. The van der Waals surface area contributed by atoms with E-state index in [1.54, 1.807) is 6.07 Å². The lowest BCUT2D eigenvalue weighted by Crippen LogP contribution is -2.45.